The van der Waals surface area contributed by atoms with Crippen LogP contribution in [0.2, 0.25) is 0 Å². The highest BCUT2D eigenvalue weighted by Gasteiger charge is 2.22. The molecule has 1 unspecified atom stereocenters. The van der Waals surface area contributed by atoms with E-state index in [1.165, 1.54) is 12.8 Å². The van der Waals surface area contributed by atoms with Gasteiger partial charge >= 0.3 is 0 Å². The number of hydrogen-bond acceptors (Lipinski definition) is 5. The second-order valence-corrected chi connectivity index (χ2v) is 6.09. The summed E-state index contributed by atoms with van der Waals surface area (Å²) in [5.41, 5.74) is 2.96. The van der Waals surface area contributed by atoms with Crippen LogP contribution < -0.4 is 10.2 Å². The summed E-state index contributed by atoms with van der Waals surface area (Å²) < 4.78 is 3.70. The van der Waals surface area contributed by atoms with E-state index in [4.69, 9.17) is 4.98 Å². The zero-order chi connectivity index (χ0) is 15.8. The SMILES string of the molecule is CNC1CCCN(c2nc(-c3cnn(C)c3)cn3nccc23)C1. The molecule has 1 atom stereocenters. The third kappa shape index (κ3) is 2.57. The molecule has 1 N–H and O–H groups in total. The van der Waals surface area contributed by atoms with Gasteiger partial charge in [0.2, 0.25) is 0 Å². The van der Waals surface area contributed by atoms with Crippen LogP contribution in [-0.2, 0) is 7.05 Å². The molecule has 7 nitrogen and oxygen atoms in total. The van der Waals surface area contributed by atoms with E-state index >= 15 is 0 Å². The van der Waals surface area contributed by atoms with Crippen molar-refractivity contribution >= 4 is 11.3 Å². The Morgan fingerprint density at radius 2 is 2.17 bits per heavy atom. The fourth-order valence-corrected chi connectivity index (χ4v) is 3.24. The van der Waals surface area contributed by atoms with Gasteiger partial charge in [-0.05, 0) is 26.0 Å². The molecule has 3 aromatic rings. The molecular formula is C16H21N7. The van der Waals surface area contributed by atoms with E-state index < -0.39 is 0 Å². The Bertz CT molecular complexity index is 819. The number of hydrogen-bond donors (Lipinski definition) is 1. The molecule has 4 heterocycles. The predicted molar refractivity (Wildman–Crippen MR) is 89.5 cm³/mol. The molecule has 1 aliphatic rings. The van der Waals surface area contributed by atoms with Crippen molar-refractivity contribution in [3.05, 3.63) is 30.9 Å². The first-order chi connectivity index (χ1) is 11.2. The van der Waals surface area contributed by atoms with E-state index in [1.807, 2.05) is 49.5 Å². The standard InChI is InChI=1S/C16H21N7/c1-17-13-4-3-7-22(10-13)16-15-5-6-18-23(15)11-14(20-16)12-8-19-21(2)9-12/h5-6,8-9,11,13,17H,3-4,7,10H2,1-2H3. The molecule has 0 aliphatic carbocycles. The maximum Gasteiger partial charge on any atom is 0.155 e. The molecule has 0 spiro atoms. The Hall–Kier alpha value is -2.41. The Balaban J connectivity index is 1.79. The average molecular weight is 311 g/mol. The first-order valence-electron chi connectivity index (χ1n) is 8.00. The first kappa shape index (κ1) is 14.2. The van der Waals surface area contributed by atoms with Crippen LogP contribution in [0.15, 0.2) is 30.9 Å². The Morgan fingerprint density at radius 1 is 1.26 bits per heavy atom. The van der Waals surface area contributed by atoms with Gasteiger partial charge in [0, 0.05) is 37.9 Å². The summed E-state index contributed by atoms with van der Waals surface area (Å²) in [6.45, 7) is 2.00. The van der Waals surface area contributed by atoms with E-state index in [1.54, 1.807) is 4.68 Å². The molecule has 120 valence electrons. The lowest BCUT2D eigenvalue weighted by Crippen LogP contribution is -2.44. The summed E-state index contributed by atoms with van der Waals surface area (Å²) in [5.74, 6) is 1.00. The van der Waals surface area contributed by atoms with E-state index in [-0.39, 0.29) is 0 Å². The summed E-state index contributed by atoms with van der Waals surface area (Å²) in [6, 6.07) is 2.54. The van der Waals surface area contributed by atoms with E-state index in [2.05, 4.69) is 20.4 Å². The highest BCUT2D eigenvalue weighted by atomic mass is 15.3. The summed E-state index contributed by atoms with van der Waals surface area (Å²) in [4.78, 5) is 7.30. The normalized spacial score (nSPS) is 18.7. The first-order valence-corrected chi connectivity index (χ1v) is 8.00. The minimum absolute atomic E-state index is 0.510. The largest absolute Gasteiger partial charge is 0.353 e. The molecule has 0 bridgehead atoms. The number of rotatable bonds is 3. The topological polar surface area (TPSA) is 63.3 Å². The number of aromatic nitrogens is 5. The number of nitrogens with zero attached hydrogens (tertiary/aromatic N) is 6. The molecular weight excluding hydrogens is 290 g/mol. The van der Waals surface area contributed by atoms with Gasteiger partial charge in [-0.1, -0.05) is 0 Å². The van der Waals surface area contributed by atoms with Crippen LogP contribution in [-0.4, -0.2) is 50.6 Å². The van der Waals surface area contributed by atoms with Gasteiger partial charge < -0.3 is 10.2 Å². The van der Waals surface area contributed by atoms with Crippen LogP contribution in [0, 0.1) is 0 Å². The molecule has 0 saturated carbocycles. The van der Waals surface area contributed by atoms with Crippen LogP contribution in [0.5, 0.6) is 0 Å². The quantitative estimate of drug-likeness (QED) is 0.790. The monoisotopic (exact) mass is 311 g/mol. The van der Waals surface area contributed by atoms with Crippen molar-refractivity contribution in [1.29, 1.82) is 0 Å². The van der Waals surface area contributed by atoms with Gasteiger partial charge in [-0.3, -0.25) is 4.68 Å². The summed E-state index contributed by atoms with van der Waals surface area (Å²) in [7, 11) is 3.95. The lowest BCUT2D eigenvalue weighted by atomic mass is 10.1. The highest BCUT2D eigenvalue weighted by molar-refractivity contribution is 5.72. The molecule has 23 heavy (non-hydrogen) atoms. The molecule has 0 amide bonds. The van der Waals surface area contributed by atoms with E-state index in [0.29, 0.717) is 6.04 Å². The lowest BCUT2D eigenvalue weighted by Gasteiger charge is -2.33. The smallest absolute Gasteiger partial charge is 0.155 e. The van der Waals surface area contributed by atoms with Crippen LogP contribution >= 0.6 is 0 Å². The second-order valence-electron chi connectivity index (χ2n) is 6.09. The zero-order valence-corrected chi connectivity index (χ0v) is 13.5. The maximum absolute atomic E-state index is 4.93. The van der Waals surface area contributed by atoms with Crippen molar-refractivity contribution in [3.8, 4) is 11.3 Å². The van der Waals surface area contributed by atoms with Gasteiger partial charge in [-0.15, -0.1) is 0 Å². The summed E-state index contributed by atoms with van der Waals surface area (Å²) in [5, 5.41) is 12.1. The van der Waals surface area contributed by atoms with Crippen LogP contribution in [0.1, 0.15) is 12.8 Å². The number of piperidine rings is 1. The van der Waals surface area contributed by atoms with Crippen molar-refractivity contribution in [2.24, 2.45) is 7.05 Å². The molecule has 1 fully saturated rings. The van der Waals surface area contributed by atoms with Crippen LogP contribution in [0.25, 0.3) is 16.8 Å². The fourth-order valence-electron chi connectivity index (χ4n) is 3.24. The Kier molecular flexibility index (Phi) is 3.49. The molecule has 1 aliphatic heterocycles. The number of nitrogens with one attached hydrogen (secondary N) is 1. The number of fused-ring (bicyclic) bond motifs is 1. The maximum atomic E-state index is 4.93. The zero-order valence-electron chi connectivity index (χ0n) is 13.5. The van der Waals surface area contributed by atoms with Gasteiger partial charge in [-0.25, -0.2) is 9.50 Å². The Morgan fingerprint density at radius 3 is 2.96 bits per heavy atom. The second kappa shape index (κ2) is 5.66. The molecule has 0 radical (unpaired) electrons. The average Bonchev–Trinajstić information content (AvgIpc) is 3.22. The minimum Gasteiger partial charge on any atom is -0.353 e. The molecule has 1 saturated heterocycles. The lowest BCUT2D eigenvalue weighted by molar-refractivity contribution is 0.448. The third-order valence-electron chi connectivity index (χ3n) is 4.50. The van der Waals surface area contributed by atoms with Gasteiger partial charge in [0.15, 0.2) is 5.82 Å². The van der Waals surface area contributed by atoms with Gasteiger partial charge in [0.05, 0.1) is 24.3 Å². The third-order valence-corrected chi connectivity index (χ3v) is 4.50. The summed E-state index contributed by atoms with van der Waals surface area (Å²) >= 11 is 0. The van der Waals surface area contributed by atoms with Crippen LogP contribution in [0.3, 0.4) is 0 Å². The van der Waals surface area contributed by atoms with Crippen molar-refractivity contribution < 1.29 is 0 Å². The van der Waals surface area contributed by atoms with E-state index in [9.17, 15) is 0 Å². The number of anilines is 1. The molecule has 3 aromatic heterocycles. The number of aryl methyl sites for hydroxylation is 1. The Labute approximate surface area is 134 Å². The van der Waals surface area contributed by atoms with Crippen molar-refractivity contribution in [3.63, 3.8) is 0 Å². The van der Waals surface area contributed by atoms with Crippen LogP contribution in [0.4, 0.5) is 5.82 Å². The molecule has 4 rings (SSSR count). The van der Waals surface area contributed by atoms with Crippen molar-refractivity contribution in [1.82, 2.24) is 29.7 Å². The predicted octanol–water partition coefficient (Wildman–Crippen LogP) is 1.32. The van der Waals surface area contributed by atoms with Crippen molar-refractivity contribution in [2.75, 3.05) is 25.0 Å². The molecule has 7 heteroatoms. The highest BCUT2D eigenvalue weighted by Crippen LogP contribution is 2.26. The minimum atomic E-state index is 0.510. The molecule has 0 aromatic carbocycles. The number of likely N-dealkylation sites (N-methyl/N-ethyl adjacent to an activating group) is 1. The summed E-state index contributed by atoms with van der Waals surface area (Å²) in [6.07, 6.45) is 10.00. The fraction of sp³-hybridized carbons (Fsp3) is 0.438. The van der Waals surface area contributed by atoms with E-state index in [0.717, 1.165) is 35.7 Å². The van der Waals surface area contributed by atoms with Crippen molar-refractivity contribution in [2.45, 2.75) is 18.9 Å². The van der Waals surface area contributed by atoms with Gasteiger partial charge in [0.25, 0.3) is 0 Å². The van der Waals surface area contributed by atoms with Gasteiger partial charge in [-0.2, -0.15) is 10.2 Å². The van der Waals surface area contributed by atoms with Gasteiger partial charge in [0.1, 0.15) is 5.52 Å².